The molecule has 0 spiro atoms. The first-order chi connectivity index (χ1) is 13.4. The smallest absolute Gasteiger partial charge is 0.408 e. The minimum absolute atomic E-state index is 0.00714. The third-order valence-corrected chi connectivity index (χ3v) is 4.26. The standard InChI is InChI=1S/C18H26N2O8S/c1-18(2,3)28-17(22)19-13-11-26-15-7-6-12(10-14(15)20(4)16(13)21)25-8-9-27-29(5,23)24/h6-7,10,13H,8-9,11H2,1-5H3,(H,19,22)/t13-/m0/s1. The maximum Gasteiger partial charge on any atom is 0.408 e. The molecule has 0 unspecified atom stereocenters. The highest BCUT2D eigenvalue weighted by Crippen LogP contribution is 2.34. The van der Waals surface area contributed by atoms with Crippen LogP contribution in [0.1, 0.15) is 20.8 Å². The maximum absolute atomic E-state index is 12.7. The van der Waals surface area contributed by atoms with Crippen molar-refractivity contribution in [3.05, 3.63) is 18.2 Å². The lowest BCUT2D eigenvalue weighted by Crippen LogP contribution is -2.50. The lowest BCUT2D eigenvalue weighted by atomic mass is 10.2. The van der Waals surface area contributed by atoms with Gasteiger partial charge in [-0.1, -0.05) is 0 Å². The van der Waals surface area contributed by atoms with Crippen LogP contribution in [0, 0.1) is 0 Å². The average Bonchev–Trinajstić information content (AvgIpc) is 2.69. The van der Waals surface area contributed by atoms with Crippen molar-refractivity contribution in [2.75, 3.05) is 38.0 Å². The van der Waals surface area contributed by atoms with E-state index in [1.807, 2.05) is 0 Å². The summed E-state index contributed by atoms with van der Waals surface area (Å²) >= 11 is 0. The molecule has 0 aliphatic carbocycles. The molecule has 0 radical (unpaired) electrons. The Kier molecular flexibility index (Phi) is 6.96. The summed E-state index contributed by atoms with van der Waals surface area (Å²) in [5.74, 6) is 0.462. The van der Waals surface area contributed by atoms with Gasteiger partial charge in [-0.2, -0.15) is 8.42 Å². The number of anilines is 1. The van der Waals surface area contributed by atoms with E-state index in [0.29, 0.717) is 17.2 Å². The van der Waals surface area contributed by atoms with Gasteiger partial charge >= 0.3 is 6.09 Å². The monoisotopic (exact) mass is 430 g/mol. The Morgan fingerprint density at radius 2 is 2.00 bits per heavy atom. The van der Waals surface area contributed by atoms with Crippen LogP contribution in [0.4, 0.5) is 10.5 Å². The van der Waals surface area contributed by atoms with Crippen molar-refractivity contribution in [1.29, 1.82) is 0 Å². The third-order valence-electron chi connectivity index (χ3n) is 3.67. The summed E-state index contributed by atoms with van der Waals surface area (Å²) in [6.45, 7) is 4.99. The van der Waals surface area contributed by atoms with E-state index in [1.165, 1.54) is 4.90 Å². The summed E-state index contributed by atoms with van der Waals surface area (Å²) in [6, 6.07) is 3.92. The van der Waals surface area contributed by atoms with E-state index in [1.54, 1.807) is 46.0 Å². The fraction of sp³-hybridized carbons (Fsp3) is 0.556. The molecular weight excluding hydrogens is 404 g/mol. The van der Waals surface area contributed by atoms with Gasteiger partial charge in [-0.05, 0) is 32.9 Å². The lowest BCUT2D eigenvalue weighted by Gasteiger charge is -2.23. The second-order valence-electron chi connectivity index (χ2n) is 7.41. The van der Waals surface area contributed by atoms with Gasteiger partial charge in [0.1, 0.15) is 43.0 Å². The van der Waals surface area contributed by atoms with Crippen molar-refractivity contribution in [3.63, 3.8) is 0 Å². The quantitative estimate of drug-likeness (QED) is 0.529. The molecule has 2 amide bonds. The Hall–Kier alpha value is -2.53. The topological polar surface area (TPSA) is 120 Å². The molecule has 1 heterocycles. The number of ether oxygens (including phenoxy) is 3. The summed E-state index contributed by atoms with van der Waals surface area (Å²) in [7, 11) is -1.99. The van der Waals surface area contributed by atoms with Gasteiger partial charge in [0, 0.05) is 13.1 Å². The van der Waals surface area contributed by atoms with E-state index in [-0.39, 0.29) is 25.7 Å². The number of nitrogens with one attached hydrogen (secondary N) is 1. The van der Waals surface area contributed by atoms with Crippen molar-refractivity contribution in [2.24, 2.45) is 0 Å². The van der Waals surface area contributed by atoms with Gasteiger partial charge in [-0.3, -0.25) is 8.98 Å². The number of nitrogens with zero attached hydrogens (tertiary/aromatic N) is 1. The van der Waals surface area contributed by atoms with E-state index in [9.17, 15) is 18.0 Å². The fourth-order valence-electron chi connectivity index (χ4n) is 2.47. The molecule has 1 N–H and O–H groups in total. The van der Waals surface area contributed by atoms with E-state index < -0.39 is 27.9 Å². The fourth-order valence-corrected chi connectivity index (χ4v) is 2.84. The molecule has 2 rings (SSSR count). The highest BCUT2D eigenvalue weighted by atomic mass is 32.2. The number of amides is 2. The number of alkyl carbamates (subject to hydrolysis) is 1. The van der Waals surface area contributed by atoms with Crippen molar-refractivity contribution in [2.45, 2.75) is 32.4 Å². The van der Waals surface area contributed by atoms with Crippen molar-refractivity contribution >= 4 is 27.8 Å². The predicted molar refractivity (Wildman–Crippen MR) is 105 cm³/mol. The van der Waals surface area contributed by atoms with Gasteiger partial charge in [-0.15, -0.1) is 0 Å². The van der Waals surface area contributed by atoms with Crippen molar-refractivity contribution in [3.8, 4) is 11.5 Å². The molecule has 11 heteroatoms. The maximum atomic E-state index is 12.7. The number of benzene rings is 1. The molecule has 0 aromatic heterocycles. The first kappa shape index (κ1) is 22.8. The van der Waals surface area contributed by atoms with Crippen LogP contribution in [0.3, 0.4) is 0 Å². The average molecular weight is 430 g/mol. The first-order valence-corrected chi connectivity index (χ1v) is 10.7. The molecule has 1 aliphatic rings. The lowest BCUT2D eigenvalue weighted by molar-refractivity contribution is -0.120. The van der Waals surface area contributed by atoms with Crippen molar-refractivity contribution in [1.82, 2.24) is 5.32 Å². The van der Waals surface area contributed by atoms with Crippen LogP contribution in [0.2, 0.25) is 0 Å². The molecule has 1 aromatic carbocycles. The Morgan fingerprint density at radius 1 is 1.31 bits per heavy atom. The normalized spacial score (nSPS) is 17.1. The zero-order valence-electron chi connectivity index (χ0n) is 17.1. The van der Waals surface area contributed by atoms with Crippen LogP contribution in [0.15, 0.2) is 18.2 Å². The van der Waals surface area contributed by atoms with Gasteiger partial charge in [0.15, 0.2) is 0 Å². The SMILES string of the molecule is CN1C(=O)[C@@H](NC(=O)OC(C)(C)C)COc2ccc(OCCOS(C)(=O)=O)cc21. The van der Waals surface area contributed by atoms with Gasteiger partial charge in [0.25, 0.3) is 16.0 Å². The van der Waals surface area contributed by atoms with Gasteiger partial charge in [-0.25, -0.2) is 4.79 Å². The highest BCUT2D eigenvalue weighted by Gasteiger charge is 2.32. The molecule has 0 fully saturated rings. The molecule has 0 saturated heterocycles. The second kappa shape index (κ2) is 8.87. The van der Waals surface area contributed by atoms with Crippen LogP contribution in [0.25, 0.3) is 0 Å². The third kappa shape index (κ3) is 7.09. The molecule has 1 atom stereocenters. The molecule has 29 heavy (non-hydrogen) atoms. The van der Waals surface area contributed by atoms with Gasteiger partial charge in [0.05, 0.1) is 11.9 Å². The zero-order chi connectivity index (χ0) is 21.8. The van der Waals surface area contributed by atoms with E-state index in [4.69, 9.17) is 14.2 Å². The molecule has 0 bridgehead atoms. The van der Waals surface area contributed by atoms with Gasteiger partial charge in [0.2, 0.25) is 0 Å². The van der Waals surface area contributed by atoms with Crippen LogP contribution >= 0.6 is 0 Å². The summed E-state index contributed by atoms with van der Waals surface area (Å²) in [5.41, 5.74) is -0.245. The predicted octanol–water partition coefficient (Wildman–Crippen LogP) is 1.29. The van der Waals surface area contributed by atoms with Crippen LogP contribution in [-0.4, -0.2) is 65.2 Å². The van der Waals surface area contributed by atoms with E-state index >= 15 is 0 Å². The molecular formula is C18H26N2O8S. The number of carbonyl (C=O) groups is 2. The number of rotatable bonds is 6. The highest BCUT2D eigenvalue weighted by molar-refractivity contribution is 7.85. The van der Waals surface area contributed by atoms with Gasteiger partial charge < -0.3 is 24.4 Å². The minimum Gasteiger partial charge on any atom is -0.491 e. The summed E-state index contributed by atoms with van der Waals surface area (Å²) in [5, 5.41) is 2.52. The summed E-state index contributed by atoms with van der Waals surface area (Å²) in [6.07, 6.45) is 0.239. The Bertz CT molecular complexity index is 863. The van der Waals surface area contributed by atoms with Crippen LogP contribution in [0.5, 0.6) is 11.5 Å². The molecule has 162 valence electrons. The largest absolute Gasteiger partial charge is 0.491 e. The molecule has 0 saturated carbocycles. The second-order valence-corrected chi connectivity index (χ2v) is 9.06. The molecule has 1 aromatic rings. The van der Waals surface area contributed by atoms with Crippen LogP contribution in [-0.2, 0) is 23.8 Å². The minimum atomic E-state index is -3.54. The van der Waals surface area contributed by atoms with E-state index in [2.05, 4.69) is 9.50 Å². The van der Waals surface area contributed by atoms with Crippen LogP contribution < -0.4 is 19.7 Å². The Morgan fingerprint density at radius 3 is 2.62 bits per heavy atom. The first-order valence-electron chi connectivity index (χ1n) is 8.87. The Balaban J connectivity index is 2.05. The summed E-state index contributed by atoms with van der Waals surface area (Å²) < 4.78 is 42.8. The number of carbonyl (C=O) groups excluding carboxylic acids is 2. The van der Waals surface area contributed by atoms with Crippen molar-refractivity contribution < 1.29 is 36.4 Å². The zero-order valence-corrected chi connectivity index (χ0v) is 17.9. The number of hydrogen-bond donors (Lipinski definition) is 1. The number of likely N-dealkylation sites (N-methyl/N-ethyl adjacent to an activating group) is 1. The van der Waals surface area contributed by atoms with E-state index in [0.717, 1.165) is 6.26 Å². The number of fused-ring (bicyclic) bond motifs is 1. The Labute approximate surface area is 170 Å². The summed E-state index contributed by atoms with van der Waals surface area (Å²) in [4.78, 5) is 26.1. The molecule has 1 aliphatic heterocycles. The number of hydrogen-bond acceptors (Lipinski definition) is 8. The molecule has 10 nitrogen and oxygen atoms in total.